The highest BCUT2D eigenvalue weighted by Crippen LogP contribution is 2.37. The van der Waals surface area contributed by atoms with Crippen LogP contribution in [0.1, 0.15) is 15.9 Å². The van der Waals surface area contributed by atoms with Crippen LogP contribution < -0.4 is 4.74 Å². The highest BCUT2D eigenvalue weighted by Gasteiger charge is 2.48. The molecule has 2 N–H and O–H groups in total. The van der Waals surface area contributed by atoms with Crippen LogP contribution >= 0.6 is 0 Å². The molecule has 2 rings (SSSR count). The van der Waals surface area contributed by atoms with Crippen molar-refractivity contribution in [2.75, 3.05) is 0 Å². The molecule has 1 atom stereocenters. The van der Waals surface area contributed by atoms with Crippen LogP contribution in [0, 0.1) is 0 Å². The zero-order chi connectivity index (χ0) is 15.1. The molecule has 1 aliphatic rings. The van der Waals surface area contributed by atoms with E-state index in [0.29, 0.717) is 0 Å². The minimum Gasteiger partial charge on any atom is -0.478 e. The summed E-state index contributed by atoms with van der Waals surface area (Å²) in [5, 5.41) is 17.6. The first-order valence-electron chi connectivity index (χ1n) is 5.25. The van der Waals surface area contributed by atoms with E-state index in [4.69, 9.17) is 10.2 Å². The van der Waals surface area contributed by atoms with Gasteiger partial charge in [-0.1, -0.05) is 0 Å². The van der Waals surface area contributed by atoms with Crippen LogP contribution in [0.15, 0.2) is 23.8 Å². The van der Waals surface area contributed by atoms with Crippen LogP contribution in [0.3, 0.4) is 0 Å². The largest absolute Gasteiger partial charge is 0.478 e. The van der Waals surface area contributed by atoms with Gasteiger partial charge < -0.3 is 14.9 Å². The highest BCUT2D eigenvalue weighted by atomic mass is 19.4. The monoisotopic (exact) mass is 288 g/mol. The molecule has 106 valence electrons. The van der Waals surface area contributed by atoms with Crippen molar-refractivity contribution in [3.8, 4) is 5.75 Å². The van der Waals surface area contributed by atoms with Gasteiger partial charge in [0, 0.05) is 5.56 Å². The molecule has 1 aliphatic heterocycles. The number of hydrogen-bond donors (Lipinski definition) is 2. The fourth-order valence-corrected chi connectivity index (χ4v) is 1.75. The molecule has 20 heavy (non-hydrogen) atoms. The number of carboxylic acid groups (broad SMARTS) is 2. The van der Waals surface area contributed by atoms with Gasteiger partial charge in [-0.2, -0.15) is 13.2 Å². The Bertz CT molecular complexity index is 618. The van der Waals surface area contributed by atoms with Crippen LogP contribution in [-0.2, 0) is 4.79 Å². The van der Waals surface area contributed by atoms with Gasteiger partial charge in [-0.15, -0.1) is 0 Å². The summed E-state index contributed by atoms with van der Waals surface area (Å²) in [4.78, 5) is 21.6. The Balaban J connectivity index is 2.54. The molecule has 1 aromatic rings. The van der Waals surface area contributed by atoms with Crippen molar-refractivity contribution >= 4 is 18.0 Å². The molecule has 0 bridgehead atoms. The number of carbonyl (C=O) groups is 2. The number of aliphatic carboxylic acids is 1. The summed E-state index contributed by atoms with van der Waals surface area (Å²) < 4.78 is 42.8. The van der Waals surface area contributed by atoms with E-state index < -0.39 is 29.8 Å². The van der Waals surface area contributed by atoms with Crippen LogP contribution in [0.2, 0.25) is 0 Å². The summed E-state index contributed by atoms with van der Waals surface area (Å²) in [6, 6.07) is 3.19. The van der Waals surface area contributed by atoms with Gasteiger partial charge in [-0.25, -0.2) is 9.59 Å². The third-order valence-electron chi connectivity index (χ3n) is 2.64. The predicted molar refractivity (Wildman–Crippen MR) is 59.5 cm³/mol. The lowest BCUT2D eigenvalue weighted by Crippen LogP contribution is -2.40. The number of carboxylic acids is 2. The lowest BCUT2D eigenvalue weighted by atomic mass is 9.99. The van der Waals surface area contributed by atoms with Crippen molar-refractivity contribution in [3.63, 3.8) is 0 Å². The van der Waals surface area contributed by atoms with Crippen molar-refractivity contribution < 1.29 is 37.7 Å². The lowest BCUT2D eigenvalue weighted by molar-refractivity contribution is -0.187. The third-order valence-corrected chi connectivity index (χ3v) is 2.64. The molecule has 0 saturated heterocycles. The number of alkyl halides is 3. The molecule has 5 nitrogen and oxygen atoms in total. The van der Waals surface area contributed by atoms with Crippen LogP contribution in [0.4, 0.5) is 13.2 Å². The van der Waals surface area contributed by atoms with Gasteiger partial charge in [-0.3, -0.25) is 0 Å². The summed E-state index contributed by atoms with van der Waals surface area (Å²) >= 11 is 0. The van der Waals surface area contributed by atoms with Crippen LogP contribution in [0.25, 0.3) is 6.08 Å². The first kappa shape index (κ1) is 13.9. The zero-order valence-corrected chi connectivity index (χ0v) is 9.64. The molecule has 0 saturated carbocycles. The molecular weight excluding hydrogens is 281 g/mol. The Morgan fingerprint density at radius 2 is 1.80 bits per heavy atom. The van der Waals surface area contributed by atoms with Gasteiger partial charge in [-0.05, 0) is 24.3 Å². The average molecular weight is 288 g/mol. The molecule has 0 aliphatic carbocycles. The van der Waals surface area contributed by atoms with E-state index in [1.165, 1.54) is 0 Å². The number of fused-ring (bicyclic) bond motifs is 1. The van der Waals surface area contributed by atoms with Crippen LogP contribution in [0.5, 0.6) is 5.75 Å². The summed E-state index contributed by atoms with van der Waals surface area (Å²) in [7, 11) is 0. The summed E-state index contributed by atoms with van der Waals surface area (Å²) in [6.07, 6.45) is -6.69. The SMILES string of the molecule is O=C(O)C1=Cc2cc(C(=O)O)ccc2OC1C(F)(F)F. The van der Waals surface area contributed by atoms with Gasteiger partial charge in [0.05, 0.1) is 11.1 Å². The Kier molecular flexibility index (Phi) is 3.16. The fourth-order valence-electron chi connectivity index (χ4n) is 1.75. The van der Waals surface area contributed by atoms with Gasteiger partial charge in [0.1, 0.15) is 5.75 Å². The van der Waals surface area contributed by atoms with E-state index in [-0.39, 0.29) is 16.9 Å². The van der Waals surface area contributed by atoms with E-state index >= 15 is 0 Å². The topological polar surface area (TPSA) is 83.8 Å². The molecule has 1 heterocycles. The Morgan fingerprint density at radius 3 is 2.30 bits per heavy atom. The second-order valence-electron chi connectivity index (χ2n) is 4.00. The average Bonchev–Trinajstić information content (AvgIpc) is 2.35. The molecule has 0 aromatic heterocycles. The van der Waals surface area contributed by atoms with Crippen molar-refractivity contribution in [2.45, 2.75) is 12.3 Å². The van der Waals surface area contributed by atoms with Crippen molar-refractivity contribution in [1.82, 2.24) is 0 Å². The smallest absolute Gasteiger partial charge is 0.430 e. The van der Waals surface area contributed by atoms with Gasteiger partial charge in [0.25, 0.3) is 0 Å². The van der Waals surface area contributed by atoms with Crippen molar-refractivity contribution in [2.24, 2.45) is 0 Å². The maximum absolute atomic E-state index is 12.7. The molecule has 1 aromatic carbocycles. The molecule has 0 fully saturated rings. The zero-order valence-electron chi connectivity index (χ0n) is 9.64. The van der Waals surface area contributed by atoms with Crippen molar-refractivity contribution in [3.05, 3.63) is 34.9 Å². The highest BCUT2D eigenvalue weighted by molar-refractivity contribution is 5.96. The first-order chi connectivity index (χ1) is 9.20. The Hall–Kier alpha value is -2.51. The standard InChI is InChI=1S/C12H7F3O5/c13-12(14,15)9-7(11(18)19)4-6-3-5(10(16)17)1-2-8(6)20-9/h1-4,9H,(H,16,17)(H,18,19). The molecule has 1 unspecified atom stereocenters. The van der Waals surface area contributed by atoms with E-state index in [9.17, 15) is 22.8 Å². The minimum atomic E-state index is -4.88. The maximum Gasteiger partial charge on any atom is 0.430 e. The van der Waals surface area contributed by atoms with E-state index in [0.717, 1.165) is 24.3 Å². The number of ether oxygens (including phenoxy) is 1. The Labute approximate surface area is 109 Å². The molecule has 8 heteroatoms. The number of hydrogen-bond acceptors (Lipinski definition) is 3. The van der Waals surface area contributed by atoms with Gasteiger partial charge in [0.15, 0.2) is 0 Å². The molecule has 0 radical (unpaired) electrons. The predicted octanol–water partition coefficient (Wildman–Crippen LogP) is 2.18. The second kappa shape index (κ2) is 4.55. The van der Waals surface area contributed by atoms with Gasteiger partial charge >= 0.3 is 18.1 Å². The quantitative estimate of drug-likeness (QED) is 0.871. The fraction of sp³-hybridized carbons (Fsp3) is 0.167. The third kappa shape index (κ3) is 2.44. The lowest BCUT2D eigenvalue weighted by Gasteiger charge is -2.27. The molecular formula is C12H7F3O5. The summed E-state index contributed by atoms with van der Waals surface area (Å²) in [6.45, 7) is 0. The number of benzene rings is 1. The van der Waals surface area contributed by atoms with E-state index in [1.54, 1.807) is 0 Å². The second-order valence-corrected chi connectivity index (χ2v) is 4.00. The van der Waals surface area contributed by atoms with E-state index in [1.807, 2.05) is 0 Å². The maximum atomic E-state index is 12.7. The Morgan fingerprint density at radius 1 is 1.15 bits per heavy atom. The molecule has 0 spiro atoms. The summed E-state index contributed by atoms with van der Waals surface area (Å²) in [5.41, 5.74) is -1.20. The molecule has 0 amide bonds. The van der Waals surface area contributed by atoms with Crippen molar-refractivity contribution in [1.29, 1.82) is 0 Å². The number of aromatic carboxylic acids is 1. The van der Waals surface area contributed by atoms with Gasteiger partial charge in [0.2, 0.25) is 6.10 Å². The summed E-state index contributed by atoms with van der Waals surface area (Å²) in [5.74, 6) is -3.28. The van der Waals surface area contributed by atoms with Crippen LogP contribution in [-0.4, -0.2) is 34.4 Å². The first-order valence-corrected chi connectivity index (χ1v) is 5.25. The minimum absolute atomic E-state index is 0.0252. The normalized spacial score (nSPS) is 17.8. The van der Waals surface area contributed by atoms with E-state index in [2.05, 4.69) is 4.74 Å². The number of rotatable bonds is 2. The number of halogens is 3.